The SMILES string of the molecule is CCCc1ccc(C=Cc2ccc(C[C@H](C)c3ccc(F)cc3)cc2)cc1. The lowest BCUT2D eigenvalue weighted by atomic mass is 9.93. The van der Waals surface area contributed by atoms with Crippen molar-refractivity contribution in [3.05, 3.63) is 106 Å². The van der Waals surface area contributed by atoms with E-state index in [1.54, 1.807) is 0 Å². The van der Waals surface area contributed by atoms with Gasteiger partial charge in [-0.2, -0.15) is 0 Å². The highest BCUT2D eigenvalue weighted by molar-refractivity contribution is 5.69. The summed E-state index contributed by atoms with van der Waals surface area (Å²) >= 11 is 0. The van der Waals surface area contributed by atoms with Crippen molar-refractivity contribution in [1.82, 2.24) is 0 Å². The second kappa shape index (κ2) is 9.32. The summed E-state index contributed by atoms with van der Waals surface area (Å²) in [6, 6.07) is 24.3. The summed E-state index contributed by atoms with van der Waals surface area (Å²) in [6.07, 6.45) is 7.59. The molecule has 0 heterocycles. The average Bonchev–Trinajstić information content (AvgIpc) is 2.69. The lowest BCUT2D eigenvalue weighted by Crippen LogP contribution is -1.98. The molecule has 0 aliphatic rings. The summed E-state index contributed by atoms with van der Waals surface area (Å²) in [5, 5.41) is 0. The third-order valence-electron chi connectivity index (χ3n) is 4.95. The van der Waals surface area contributed by atoms with E-state index in [1.165, 1.54) is 46.4 Å². The van der Waals surface area contributed by atoms with Crippen molar-refractivity contribution < 1.29 is 4.39 Å². The Balaban J connectivity index is 1.60. The third kappa shape index (κ3) is 5.65. The Morgan fingerprint density at radius 2 is 1.26 bits per heavy atom. The summed E-state index contributed by atoms with van der Waals surface area (Å²) in [7, 11) is 0. The first-order chi connectivity index (χ1) is 13.1. The van der Waals surface area contributed by atoms with Gasteiger partial charge in [-0.15, -0.1) is 0 Å². The predicted octanol–water partition coefficient (Wildman–Crippen LogP) is 7.29. The fourth-order valence-electron chi connectivity index (χ4n) is 3.30. The first-order valence-corrected chi connectivity index (χ1v) is 9.75. The monoisotopic (exact) mass is 358 g/mol. The molecule has 3 rings (SSSR count). The largest absolute Gasteiger partial charge is 0.207 e. The summed E-state index contributed by atoms with van der Waals surface area (Å²) in [4.78, 5) is 0. The van der Waals surface area contributed by atoms with E-state index in [0.29, 0.717) is 5.92 Å². The molecular weight excluding hydrogens is 331 g/mol. The smallest absolute Gasteiger partial charge is 0.123 e. The predicted molar refractivity (Wildman–Crippen MR) is 114 cm³/mol. The van der Waals surface area contributed by atoms with E-state index in [9.17, 15) is 4.39 Å². The summed E-state index contributed by atoms with van der Waals surface area (Å²) < 4.78 is 13.1. The van der Waals surface area contributed by atoms with Crippen LogP contribution in [0, 0.1) is 5.82 Å². The van der Waals surface area contributed by atoms with Gasteiger partial charge in [0.15, 0.2) is 0 Å². The van der Waals surface area contributed by atoms with Gasteiger partial charge >= 0.3 is 0 Å². The topological polar surface area (TPSA) is 0 Å². The van der Waals surface area contributed by atoms with Gasteiger partial charge in [0, 0.05) is 0 Å². The first kappa shape index (κ1) is 19.1. The lowest BCUT2D eigenvalue weighted by Gasteiger charge is -2.12. The van der Waals surface area contributed by atoms with Crippen LogP contribution in [-0.4, -0.2) is 0 Å². The van der Waals surface area contributed by atoms with Crippen molar-refractivity contribution in [3.63, 3.8) is 0 Å². The van der Waals surface area contributed by atoms with Crippen molar-refractivity contribution in [2.24, 2.45) is 0 Å². The molecule has 1 heteroatoms. The highest BCUT2D eigenvalue weighted by Crippen LogP contribution is 2.21. The molecule has 1 atom stereocenters. The maximum atomic E-state index is 13.1. The van der Waals surface area contributed by atoms with Gasteiger partial charge in [-0.3, -0.25) is 0 Å². The van der Waals surface area contributed by atoms with Crippen LogP contribution < -0.4 is 0 Å². The van der Waals surface area contributed by atoms with Gasteiger partial charge in [0.1, 0.15) is 5.82 Å². The number of rotatable bonds is 7. The number of hydrogen-bond acceptors (Lipinski definition) is 0. The van der Waals surface area contributed by atoms with Gasteiger partial charge in [-0.25, -0.2) is 4.39 Å². The molecule has 0 bridgehead atoms. The van der Waals surface area contributed by atoms with Crippen LogP contribution in [0.3, 0.4) is 0 Å². The Labute approximate surface area is 162 Å². The minimum atomic E-state index is -0.179. The Bertz CT molecular complexity index is 856. The van der Waals surface area contributed by atoms with E-state index >= 15 is 0 Å². The van der Waals surface area contributed by atoms with E-state index in [4.69, 9.17) is 0 Å². The highest BCUT2D eigenvalue weighted by Gasteiger charge is 2.06. The third-order valence-corrected chi connectivity index (χ3v) is 4.95. The van der Waals surface area contributed by atoms with Crippen molar-refractivity contribution in [3.8, 4) is 0 Å². The van der Waals surface area contributed by atoms with Crippen molar-refractivity contribution >= 4 is 12.2 Å². The number of halogens is 1. The van der Waals surface area contributed by atoms with E-state index in [0.717, 1.165) is 12.8 Å². The Hall–Kier alpha value is -2.67. The lowest BCUT2D eigenvalue weighted by molar-refractivity contribution is 0.625. The highest BCUT2D eigenvalue weighted by atomic mass is 19.1. The van der Waals surface area contributed by atoms with Crippen LogP contribution in [0.4, 0.5) is 4.39 Å². The minimum absolute atomic E-state index is 0.179. The second-order valence-corrected chi connectivity index (χ2v) is 7.22. The molecule has 0 spiro atoms. The molecule has 0 unspecified atom stereocenters. The number of benzene rings is 3. The van der Waals surface area contributed by atoms with Gasteiger partial charge in [0.2, 0.25) is 0 Å². The van der Waals surface area contributed by atoms with Crippen LogP contribution in [-0.2, 0) is 12.8 Å². The van der Waals surface area contributed by atoms with E-state index in [2.05, 4.69) is 74.5 Å². The molecular formula is C26H27F. The Kier molecular flexibility index (Phi) is 6.59. The number of aryl methyl sites for hydroxylation is 1. The van der Waals surface area contributed by atoms with Crippen LogP contribution >= 0.6 is 0 Å². The normalized spacial score (nSPS) is 12.4. The summed E-state index contributed by atoms with van der Waals surface area (Å²) in [5.41, 5.74) is 6.30. The molecule has 0 saturated carbocycles. The summed E-state index contributed by atoms with van der Waals surface area (Å²) in [5.74, 6) is 0.190. The fraction of sp³-hybridized carbons (Fsp3) is 0.231. The summed E-state index contributed by atoms with van der Waals surface area (Å²) in [6.45, 7) is 4.39. The maximum absolute atomic E-state index is 13.1. The zero-order valence-electron chi connectivity index (χ0n) is 16.2. The van der Waals surface area contributed by atoms with Crippen molar-refractivity contribution in [2.75, 3.05) is 0 Å². The van der Waals surface area contributed by atoms with Gasteiger partial charge in [0.05, 0.1) is 0 Å². The molecule has 0 N–H and O–H groups in total. The van der Waals surface area contributed by atoms with Crippen LogP contribution in [0.25, 0.3) is 12.2 Å². The maximum Gasteiger partial charge on any atom is 0.123 e. The van der Waals surface area contributed by atoms with Crippen molar-refractivity contribution in [2.45, 2.75) is 39.0 Å². The average molecular weight is 358 g/mol. The molecule has 3 aromatic rings. The quantitative estimate of drug-likeness (QED) is 0.389. The molecule has 0 radical (unpaired) electrons. The first-order valence-electron chi connectivity index (χ1n) is 9.75. The molecule has 0 nitrogen and oxygen atoms in total. The molecule has 0 fully saturated rings. The van der Waals surface area contributed by atoms with Crippen LogP contribution in [0.5, 0.6) is 0 Å². The molecule has 138 valence electrons. The van der Waals surface area contributed by atoms with Crippen molar-refractivity contribution in [1.29, 1.82) is 0 Å². The second-order valence-electron chi connectivity index (χ2n) is 7.22. The van der Waals surface area contributed by atoms with E-state index in [-0.39, 0.29) is 5.82 Å². The van der Waals surface area contributed by atoms with E-state index in [1.807, 2.05) is 12.1 Å². The standard InChI is InChI=1S/C26H27F/c1-3-4-21-5-7-22(8-6-21)9-10-23-11-13-24(14-12-23)19-20(2)25-15-17-26(27)18-16-25/h5-18,20H,3-4,19H2,1-2H3/t20-/m0/s1. The molecule has 0 saturated heterocycles. The van der Waals surface area contributed by atoms with Crippen LogP contribution in [0.2, 0.25) is 0 Å². The van der Waals surface area contributed by atoms with E-state index < -0.39 is 0 Å². The molecule has 0 aliphatic heterocycles. The van der Waals surface area contributed by atoms with Gasteiger partial charge in [-0.1, -0.05) is 93.1 Å². The molecule has 0 aromatic heterocycles. The van der Waals surface area contributed by atoms with Gasteiger partial charge < -0.3 is 0 Å². The zero-order chi connectivity index (χ0) is 19.1. The zero-order valence-corrected chi connectivity index (χ0v) is 16.2. The van der Waals surface area contributed by atoms with Gasteiger partial charge in [-0.05, 0) is 58.7 Å². The molecule has 27 heavy (non-hydrogen) atoms. The molecule has 0 aliphatic carbocycles. The molecule has 3 aromatic carbocycles. The number of hydrogen-bond donors (Lipinski definition) is 0. The molecule has 0 amide bonds. The van der Waals surface area contributed by atoms with Crippen LogP contribution in [0.1, 0.15) is 54.0 Å². The van der Waals surface area contributed by atoms with Crippen LogP contribution in [0.15, 0.2) is 72.8 Å². The minimum Gasteiger partial charge on any atom is -0.207 e. The Morgan fingerprint density at radius 3 is 1.78 bits per heavy atom. The fourth-order valence-corrected chi connectivity index (χ4v) is 3.30. The van der Waals surface area contributed by atoms with Gasteiger partial charge in [0.25, 0.3) is 0 Å². The Morgan fingerprint density at radius 1 is 0.741 bits per heavy atom.